The number of ether oxygens (including phenoxy) is 2. The lowest BCUT2D eigenvalue weighted by Crippen LogP contribution is -2.70. The van der Waals surface area contributed by atoms with Crippen LogP contribution in [0.5, 0.6) is 0 Å². The highest BCUT2D eigenvalue weighted by atomic mass is 16.6. The van der Waals surface area contributed by atoms with Gasteiger partial charge >= 0.3 is 0 Å². The molecule has 26 heavy (non-hydrogen) atoms. The molecule has 0 aliphatic carbocycles. The molecule has 0 N–H and O–H groups in total. The van der Waals surface area contributed by atoms with Gasteiger partial charge in [0.1, 0.15) is 0 Å². The van der Waals surface area contributed by atoms with Crippen LogP contribution < -0.4 is 0 Å². The van der Waals surface area contributed by atoms with Crippen LogP contribution in [0.2, 0.25) is 0 Å². The van der Waals surface area contributed by atoms with Gasteiger partial charge in [-0.1, -0.05) is 60.7 Å². The average molecular weight is 350 g/mol. The van der Waals surface area contributed by atoms with Gasteiger partial charge in [0.25, 0.3) is 0 Å². The van der Waals surface area contributed by atoms with Gasteiger partial charge in [0, 0.05) is 13.1 Å². The van der Waals surface area contributed by atoms with E-state index >= 15 is 0 Å². The van der Waals surface area contributed by atoms with Crippen molar-refractivity contribution in [1.82, 2.24) is 9.80 Å². The molecule has 2 aromatic carbocycles. The zero-order chi connectivity index (χ0) is 17.8. The Morgan fingerprint density at radius 1 is 0.692 bits per heavy atom. The fraction of sp³-hybridized carbons (Fsp3) is 0.455. The van der Waals surface area contributed by atoms with Gasteiger partial charge in [-0.2, -0.15) is 0 Å². The first-order valence-electron chi connectivity index (χ1n) is 9.55. The van der Waals surface area contributed by atoms with E-state index in [-0.39, 0.29) is 0 Å². The van der Waals surface area contributed by atoms with Gasteiger partial charge in [-0.05, 0) is 25.0 Å². The van der Waals surface area contributed by atoms with E-state index in [1.807, 2.05) is 0 Å². The zero-order valence-electron chi connectivity index (χ0n) is 15.5. The summed E-state index contributed by atoms with van der Waals surface area (Å²) in [5, 5.41) is 0. The molecule has 0 radical (unpaired) electrons. The van der Waals surface area contributed by atoms with Crippen LogP contribution in [-0.4, -0.2) is 47.6 Å². The topological polar surface area (TPSA) is 24.9 Å². The van der Waals surface area contributed by atoms with Crippen molar-refractivity contribution in [2.75, 3.05) is 26.3 Å². The first kappa shape index (κ1) is 16.5. The molecule has 3 aliphatic rings. The highest BCUT2D eigenvalue weighted by molar-refractivity contribution is 5.25. The zero-order valence-corrected chi connectivity index (χ0v) is 15.5. The fourth-order valence-electron chi connectivity index (χ4n) is 5.08. The molecule has 2 aromatic rings. The molecule has 0 amide bonds. The number of hydrogen-bond acceptors (Lipinski definition) is 4. The Hall–Kier alpha value is -1.72. The van der Waals surface area contributed by atoms with Gasteiger partial charge in [0.15, 0.2) is 11.4 Å². The maximum absolute atomic E-state index is 6.47. The van der Waals surface area contributed by atoms with E-state index in [1.54, 1.807) is 0 Å². The number of nitrogens with zero attached hydrogens (tertiary/aromatic N) is 2. The van der Waals surface area contributed by atoms with Gasteiger partial charge in [0.2, 0.25) is 0 Å². The van der Waals surface area contributed by atoms with Crippen molar-refractivity contribution >= 4 is 0 Å². The quantitative estimate of drug-likeness (QED) is 0.827. The maximum Gasteiger partial charge on any atom is 0.162 e. The lowest BCUT2D eigenvalue weighted by atomic mass is 9.92. The molecule has 4 atom stereocenters. The van der Waals surface area contributed by atoms with Gasteiger partial charge in [-0.3, -0.25) is 9.80 Å². The van der Waals surface area contributed by atoms with E-state index in [0.717, 1.165) is 13.1 Å². The predicted molar refractivity (Wildman–Crippen MR) is 100 cm³/mol. The molecule has 3 heterocycles. The Balaban J connectivity index is 1.48. The second-order valence-electron chi connectivity index (χ2n) is 7.83. The summed E-state index contributed by atoms with van der Waals surface area (Å²) in [6.07, 6.45) is 0. The van der Waals surface area contributed by atoms with Crippen LogP contribution in [0.15, 0.2) is 60.7 Å². The van der Waals surface area contributed by atoms with E-state index in [0.29, 0.717) is 25.3 Å². The third kappa shape index (κ3) is 2.16. The van der Waals surface area contributed by atoms with Crippen LogP contribution in [-0.2, 0) is 9.47 Å². The number of fused-ring (bicyclic) bond motifs is 3. The molecule has 0 aromatic heterocycles. The Morgan fingerprint density at radius 3 is 1.46 bits per heavy atom. The third-order valence-corrected chi connectivity index (χ3v) is 6.70. The minimum absolute atomic E-state index is 0.291. The predicted octanol–water partition coefficient (Wildman–Crippen LogP) is 3.58. The van der Waals surface area contributed by atoms with Crippen molar-refractivity contribution in [2.24, 2.45) is 0 Å². The van der Waals surface area contributed by atoms with Crippen LogP contribution in [0, 0.1) is 0 Å². The first-order chi connectivity index (χ1) is 12.6. The number of rotatable bonds is 2. The summed E-state index contributed by atoms with van der Waals surface area (Å²) in [5.41, 5.74) is 1.75. The second kappa shape index (κ2) is 5.89. The monoisotopic (exact) mass is 350 g/mol. The molecule has 0 saturated carbocycles. The molecule has 4 heteroatoms. The molecular formula is C22H26N2O2. The van der Waals surface area contributed by atoms with Crippen molar-refractivity contribution < 1.29 is 9.47 Å². The minimum atomic E-state index is -0.449. The van der Waals surface area contributed by atoms with Crippen LogP contribution in [0.3, 0.4) is 0 Å². The largest absolute Gasteiger partial charge is 0.354 e. The van der Waals surface area contributed by atoms with Crippen LogP contribution in [0.4, 0.5) is 0 Å². The van der Waals surface area contributed by atoms with Crippen molar-refractivity contribution in [3.63, 3.8) is 0 Å². The SMILES string of the molecule is C[C@@]12OC[C@@H](c3ccccc3)N1CCN1[C@H](c3ccccc3)CO[C@]12C. The summed E-state index contributed by atoms with van der Waals surface area (Å²) < 4.78 is 12.9. The average Bonchev–Trinajstić information content (AvgIpc) is 3.21. The molecule has 0 unspecified atom stereocenters. The molecule has 3 saturated heterocycles. The molecule has 136 valence electrons. The van der Waals surface area contributed by atoms with Crippen molar-refractivity contribution in [3.05, 3.63) is 71.8 Å². The van der Waals surface area contributed by atoms with Crippen molar-refractivity contribution in [3.8, 4) is 0 Å². The van der Waals surface area contributed by atoms with E-state index in [9.17, 15) is 0 Å². The lowest BCUT2D eigenvalue weighted by molar-refractivity contribution is -0.274. The number of hydrogen-bond donors (Lipinski definition) is 0. The summed E-state index contributed by atoms with van der Waals surface area (Å²) in [6, 6.07) is 22.0. The Bertz CT molecular complexity index is 716. The van der Waals surface area contributed by atoms with Gasteiger partial charge in [0.05, 0.1) is 25.3 Å². The molecule has 5 rings (SSSR count). The highest BCUT2D eigenvalue weighted by Gasteiger charge is 2.65. The molecule has 0 spiro atoms. The molecule has 3 aliphatic heterocycles. The van der Waals surface area contributed by atoms with Gasteiger partial charge in [-0.15, -0.1) is 0 Å². The second-order valence-corrected chi connectivity index (χ2v) is 7.83. The smallest absolute Gasteiger partial charge is 0.162 e. The van der Waals surface area contributed by atoms with Crippen LogP contribution >= 0.6 is 0 Å². The fourth-order valence-corrected chi connectivity index (χ4v) is 5.08. The van der Waals surface area contributed by atoms with Crippen LogP contribution in [0.1, 0.15) is 37.1 Å². The van der Waals surface area contributed by atoms with Crippen molar-refractivity contribution in [2.45, 2.75) is 37.4 Å². The van der Waals surface area contributed by atoms with Gasteiger partial charge < -0.3 is 9.47 Å². The summed E-state index contributed by atoms with van der Waals surface area (Å²) in [4.78, 5) is 5.01. The van der Waals surface area contributed by atoms with E-state index in [4.69, 9.17) is 9.47 Å². The van der Waals surface area contributed by atoms with Crippen molar-refractivity contribution in [1.29, 1.82) is 0 Å². The Kier molecular flexibility index (Phi) is 3.73. The normalized spacial score (nSPS) is 37.5. The maximum atomic E-state index is 6.47. The molecule has 0 bridgehead atoms. The minimum Gasteiger partial charge on any atom is -0.354 e. The Labute approximate surface area is 155 Å². The summed E-state index contributed by atoms with van der Waals surface area (Å²) in [7, 11) is 0. The Morgan fingerprint density at radius 2 is 1.08 bits per heavy atom. The standard InChI is InChI=1S/C22H26N2O2/c1-21-22(2)24(20(16-26-22)18-11-7-4-8-12-18)14-13-23(21)19(15-25-21)17-9-5-3-6-10-17/h3-12,19-20H,13-16H2,1-2H3/t19-,20-,21-,22-/m0/s1. The third-order valence-electron chi connectivity index (χ3n) is 6.70. The van der Waals surface area contributed by atoms with E-state index in [2.05, 4.69) is 84.3 Å². The van der Waals surface area contributed by atoms with E-state index in [1.165, 1.54) is 11.1 Å². The summed E-state index contributed by atoms with van der Waals surface area (Å²) in [6.45, 7) is 7.80. The van der Waals surface area contributed by atoms with Gasteiger partial charge in [-0.25, -0.2) is 0 Å². The highest BCUT2D eigenvalue weighted by Crippen LogP contribution is 2.53. The molecular weight excluding hydrogens is 324 g/mol. The van der Waals surface area contributed by atoms with E-state index < -0.39 is 11.4 Å². The number of benzene rings is 2. The molecule has 4 nitrogen and oxygen atoms in total. The first-order valence-corrected chi connectivity index (χ1v) is 9.55. The molecule has 3 fully saturated rings. The summed E-state index contributed by atoms with van der Waals surface area (Å²) >= 11 is 0. The summed E-state index contributed by atoms with van der Waals surface area (Å²) in [5.74, 6) is 0. The number of piperazine rings is 1. The lowest BCUT2D eigenvalue weighted by Gasteiger charge is -2.55. The van der Waals surface area contributed by atoms with Crippen LogP contribution in [0.25, 0.3) is 0 Å².